The zero-order valence-corrected chi connectivity index (χ0v) is 15.5. The Morgan fingerprint density at radius 2 is 1.61 bits per heavy atom. The third kappa shape index (κ3) is 8.80. The number of carbonyl (C=O) groups excluding carboxylic acids is 3. The van der Waals surface area contributed by atoms with Crippen molar-refractivity contribution in [2.75, 3.05) is 18.8 Å². The van der Waals surface area contributed by atoms with Crippen molar-refractivity contribution in [2.24, 2.45) is 5.92 Å². The van der Waals surface area contributed by atoms with E-state index in [9.17, 15) is 14.4 Å². The molecule has 4 N–H and O–H groups in total. The van der Waals surface area contributed by atoms with Crippen LogP contribution in [0.25, 0.3) is 0 Å². The third-order valence-corrected chi connectivity index (χ3v) is 3.43. The molecule has 3 amide bonds. The number of carbonyl (C=O) groups is 3. The fraction of sp³-hybridized carbons (Fsp3) is 0.800. The smallest absolute Gasteiger partial charge is 0.243 e. The minimum absolute atomic E-state index is 0.00313. The van der Waals surface area contributed by atoms with Gasteiger partial charge in [-0.15, -0.1) is 0 Å². The summed E-state index contributed by atoms with van der Waals surface area (Å²) in [5, 5.41) is 11.0. The lowest BCUT2D eigenvalue weighted by Gasteiger charge is -2.23. The van der Waals surface area contributed by atoms with Gasteiger partial charge in [0.25, 0.3) is 0 Å². The zero-order chi connectivity index (χ0) is 18.0. The van der Waals surface area contributed by atoms with Gasteiger partial charge in [-0.3, -0.25) is 14.4 Å². The Balaban J connectivity index is 4.48. The van der Waals surface area contributed by atoms with Gasteiger partial charge < -0.3 is 21.3 Å². The first-order valence-corrected chi connectivity index (χ1v) is 8.57. The van der Waals surface area contributed by atoms with Crippen LogP contribution in [0.1, 0.15) is 34.6 Å². The normalized spacial score (nSPS) is 13.6. The number of hydrogen-bond acceptors (Lipinski definition) is 5. The second kappa shape index (κ2) is 11.3. The van der Waals surface area contributed by atoms with E-state index in [2.05, 4.69) is 33.9 Å². The SMILES string of the molecule is CCNC(CS)C(=O)NCC(=O)NC(C(=O)NC(C)C)C(C)C. The highest BCUT2D eigenvalue weighted by molar-refractivity contribution is 7.80. The van der Waals surface area contributed by atoms with Crippen LogP contribution in [-0.2, 0) is 14.4 Å². The molecule has 2 atom stereocenters. The van der Waals surface area contributed by atoms with Crippen LogP contribution in [-0.4, -0.2) is 54.7 Å². The summed E-state index contributed by atoms with van der Waals surface area (Å²) in [5.41, 5.74) is 0. The number of hydrogen-bond donors (Lipinski definition) is 5. The highest BCUT2D eigenvalue weighted by Gasteiger charge is 2.25. The Kier molecular flexibility index (Phi) is 10.7. The topological polar surface area (TPSA) is 99.3 Å². The highest BCUT2D eigenvalue weighted by Crippen LogP contribution is 2.02. The Morgan fingerprint density at radius 1 is 1.00 bits per heavy atom. The van der Waals surface area contributed by atoms with Crippen LogP contribution in [0.2, 0.25) is 0 Å². The Hall–Kier alpha value is -1.28. The monoisotopic (exact) mass is 346 g/mol. The van der Waals surface area contributed by atoms with Crippen molar-refractivity contribution in [2.45, 2.75) is 52.7 Å². The zero-order valence-electron chi connectivity index (χ0n) is 14.6. The summed E-state index contributed by atoms with van der Waals surface area (Å²) in [6.45, 7) is 9.77. The van der Waals surface area contributed by atoms with Gasteiger partial charge in [0, 0.05) is 11.8 Å². The predicted octanol–water partition coefficient (Wildman–Crippen LogP) is -0.324. The van der Waals surface area contributed by atoms with E-state index >= 15 is 0 Å². The lowest BCUT2D eigenvalue weighted by atomic mass is 10.0. The number of amides is 3. The van der Waals surface area contributed by atoms with Crippen LogP contribution >= 0.6 is 12.6 Å². The van der Waals surface area contributed by atoms with E-state index in [1.807, 2.05) is 34.6 Å². The quantitative estimate of drug-likeness (QED) is 0.350. The molecule has 0 aromatic heterocycles. The molecule has 0 radical (unpaired) electrons. The molecule has 0 aliphatic carbocycles. The molecule has 0 saturated carbocycles. The standard InChI is InChI=1S/C15H30N4O3S/c1-6-16-11(8-23)14(21)17-7-12(20)19-13(9(2)3)15(22)18-10(4)5/h9-11,13,16,23H,6-8H2,1-5H3,(H,17,21)(H,18,22)(H,19,20). The molecule has 0 fully saturated rings. The Bertz CT molecular complexity index is 402. The average molecular weight is 346 g/mol. The Morgan fingerprint density at radius 3 is 2.04 bits per heavy atom. The maximum absolute atomic E-state index is 12.1. The molecule has 0 aliphatic heterocycles. The second-order valence-electron chi connectivity index (χ2n) is 5.96. The molecule has 0 aromatic rings. The van der Waals surface area contributed by atoms with Gasteiger partial charge in [0.05, 0.1) is 12.6 Å². The highest BCUT2D eigenvalue weighted by atomic mass is 32.1. The van der Waals surface area contributed by atoms with Gasteiger partial charge in [0.15, 0.2) is 0 Å². The number of thiol groups is 1. The summed E-state index contributed by atoms with van der Waals surface area (Å²) in [6.07, 6.45) is 0. The minimum atomic E-state index is -0.628. The first kappa shape index (κ1) is 21.7. The third-order valence-electron chi connectivity index (χ3n) is 3.07. The lowest BCUT2D eigenvalue weighted by Crippen LogP contribution is -2.54. The van der Waals surface area contributed by atoms with E-state index in [1.54, 1.807) is 0 Å². The van der Waals surface area contributed by atoms with Crippen molar-refractivity contribution in [3.63, 3.8) is 0 Å². The molecule has 23 heavy (non-hydrogen) atoms. The van der Waals surface area contributed by atoms with E-state index in [1.165, 1.54) is 0 Å². The van der Waals surface area contributed by atoms with Crippen molar-refractivity contribution in [3.05, 3.63) is 0 Å². The van der Waals surface area contributed by atoms with Crippen LogP contribution in [0.3, 0.4) is 0 Å². The van der Waals surface area contributed by atoms with Gasteiger partial charge in [-0.25, -0.2) is 0 Å². The van der Waals surface area contributed by atoms with E-state index in [0.29, 0.717) is 12.3 Å². The number of nitrogens with one attached hydrogen (secondary N) is 4. The van der Waals surface area contributed by atoms with Gasteiger partial charge in [0.1, 0.15) is 6.04 Å². The van der Waals surface area contributed by atoms with Crippen molar-refractivity contribution >= 4 is 30.4 Å². The van der Waals surface area contributed by atoms with E-state index in [-0.39, 0.29) is 30.3 Å². The summed E-state index contributed by atoms with van der Waals surface area (Å²) >= 11 is 4.10. The molecule has 7 nitrogen and oxygen atoms in total. The number of likely N-dealkylation sites (N-methyl/N-ethyl adjacent to an activating group) is 1. The van der Waals surface area contributed by atoms with Gasteiger partial charge in [0.2, 0.25) is 17.7 Å². The molecule has 0 saturated heterocycles. The fourth-order valence-corrected chi connectivity index (χ4v) is 2.21. The van der Waals surface area contributed by atoms with Gasteiger partial charge in [-0.05, 0) is 26.3 Å². The first-order chi connectivity index (χ1) is 10.7. The van der Waals surface area contributed by atoms with Crippen LogP contribution in [0.5, 0.6) is 0 Å². The largest absolute Gasteiger partial charge is 0.352 e. The van der Waals surface area contributed by atoms with Crippen LogP contribution < -0.4 is 21.3 Å². The van der Waals surface area contributed by atoms with Crippen LogP contribution in [0, 0.1) is 5.92 Å². The molecule has 134 valence electrons. The first-order valence-electron chi connectivity index (χ1n) is 7.94. The van der Waals surface area contributed by atoms with Crippen molar-refractivity contribution in [1.29, 1.82) is 0 Å². The van der Waals surface area contributed by atoms with Gasteiger partial charge in [-0.2, -0.15) is 12.6 Å². The van der Waals surface area contributed by atoms with Gasteiger partial charge >= 0.3 is 0 Å². The number of rotatable bonds is 10. The minimum Gasteiger partial charge on any atom is -0.352 e. The molecule has 0 bridgehead atoms. The molecular weight excluding hydrogens is 316 g/mol. The van der Waals surface area contributed by atoms with E-state index < -0.39 is 18.0 Å². The summed E-state index contributed by atoms with van der Waals surface area (Å²) in [7, 11) is 0. The average Bonchev–Trinajstić information content (AvgIpc) is 2.46. The molecular formula is C15H30N4O3S. The second-order valence-corrected chi connectivity index (χ2v) is 6.33. The van der Waals surface area contributed by atoms with Crippen molar-refractivity contribution in [3.8, 4) is 0 Å². The lowest BCUT2D eigenvalue weighted by molar-refractivity contribution is -0.131. The molecule has 0 aromatic carbocycles. The molecule has 0 aliphatic rings. The van der Waals surface area contributed by atoms with Gasteiger partial charge in [-0.1, -0.05) is 20.8 Å². The van der Waals surface area contributed by atoms with E-state index in [0.717, 1.165) is 0 Å². The Labute approximate surface area is 144 Å². The summed E-state index contributed by atoms with van der Waals surface area (Å²) < 4.78 is 0. The predicted molar refractivity (Wildman–Crippen MR) is 94.4 cm³/mol. The maximum atomic E-state index is 12.1. The summed E-state index contributed by atoms with van der Waals surface area (Å²) in [5.74, 6) is -0.627. The molecule has 0 heterocycles. The fourth-order valence-electron chi connectivity index (χ4n) is 1.91. The van der Waals surface area contributed by atoms with Crippen LogP contribution in [0.4, 0.5) is 0 Å². The van der Waals surface area contributed by atoms with Crippen molar-refractivity contribution in [1.82, 2.24) is 21.3 Å². The van der Waals surface area contributed by atoms with Crippen molar-refractivity contribution < 1.29 is 14.4 Å². The summed E-state index contributed by atoms with van der Waals surface area (Å²) in [4.78, 5) is 35.9. The molecule has 8 heteroatoms. The molecule has 0 rings (SSSR count). The maximum Gasteiger partial charge on any atom is 0.243 e. The summed E-state index contributed by atoms with van der Waals surface area (Å²) in [6, 6.07) is -1.07. The molecule has 2 unspecified atom stereocenters. The van der Waals surface area contributed by atoms with Crippen LogP contribution in [0.15, 0.2) is 0 Å². The molecule has 0 spiro atoms. The van der Waals surface area contributed by atoms with E-state index in [4.69, 9.17) is 0 Å².